The Bertz CT molecular complexity index is 1430. The van der Waals surface area contributed by atoms with Crippen LogP contribution in [0.15, 0.2) is 84.9 Å². The van der Waals surface area contributed by atoms with Crippen molar-refractivity contribution in [2.75, 3.05) is 9.96 Å². The number of hydrogen-bond donors (Lipinski definition) is 0. The number of para-hydroxylation sites is 2. The fraction of sp³-hybridized carbons (Fsp3) is 0.115. The molecule has 2 aliphatic rings. The van der Waals surface area contributed by atoms with E-state index >= 15 is 0 Å². The zero-order valence-corrected chi connectivity index (χ0v) is 18.4. The molecule has 3 heterocycles. The summed E-state index contributed by atoms with van der Waals surface area (Å²) in [5.41, 5.74) is 2.28. The maximum Gasteiger partial charge on any atom is 0.266 e. The van der Waals surface area contributed by atoms with Gasteiger partial charge in [-0.05, 0) is 48.5 Å². The summed E-state index contributed by atoms with van der Waals surface area (Å²) in [4.78, 5) is 38.7. The molecule has 0 radical (unpaired) electrons. The first-order chi connectivity index (χ1) is 16.5. The molecule has 0 unspecified atom stereocenters. The van der Waals surface area contributed by atoms with E-state index in [9.17, 15) is 14.0 Å². The third kappa shape index (κ3) is 3.16. The van der Waals surface area contributed by atoms with E-state index in [4.69, 9.17) is 16.4 Å². The third-order valence-corrected chi connectivity index (χ3v) is 6.54. The first-order valence-electron chi connectivity index (χ1n) is 10.7. The molecule has 0 saturated carbocycles. The van der Waals surface area contributed by atoms with E-state index in [1.54, 1.807) is 5.06 Å². The molecule has 34 heavy (non-hydrogen) atoms. The minimum absolute atomic E-state index is 0.231. The van der Waals surface area contributed by atoms with E-state index in [1.165, 1.54) is 24.3 Å². The van der Waals surface area contributed by atoms with Crippen molar-refractivity contribution in [2.45, 2.75) is 12.1 Å². The maximum absolute atomic E-state index is 13.7. The summed E-state index contributed by atoms with van der Waals surface area (Å²) in [6.07, 6.45) is -1.05. The average molecular weight is 474 g/mol. The molecule has 8 heteroatoms. The number of nitrogens with zero attached hydrogens (tertiary/aromatic N) is 3. The Morgan fingerprint density at radius 2 is 1.56 bits per heavy atom. The van der Waals surface area contributed by atoms with E-state index in [0.29, 0.717) is 16.9 Å². The second-order valence-corrected chi connectivity index (χ2v) is 8.57. The van der Waals surface area contributed by atoms with Gasteiger partial charge in [-0.15, -0.1) is 0 Å². The van der Waals surface area contributed by atoms with E-state index in [0.717, 1.165) is 15.8 Å². The second-order valence-electron chi connectivity index (χ2n) is 8.21. The molecular weight excluding hydrogens is 457 g/mol. The number of carbonyl (C=O) groups excluding carboxylic acids is 2. The number of imide groups is 1. The molecule has 2 saturated heterocycles. The maximum atomic E-state index is 13.7. The van der Waals surface area contributed by atoms with Crippen LogP contribution in [0.25, 0.3) is 10.9 Å². The molecule has 2 amide bonds. The van der Waals surface area contributed by atoms with Gasteiger partial charge < -0.3 is 0 Å². The molecule has 168 valence electrons. The van der Waals surface area contributed by atoms with Gasteiger partial charge in [0.2, 0.25) is 5.91 Å². The van der Waals surface area contributed by atoms with Crippen LogP contribution in [0.5, 0.6) is 0 Å². The SMILES string of the molecule is O=C1[C@@H]2[C@@H](c3cc4ccccc4nc3Cl)N(c3ccccc3)O[C@H]2C(=O)N1c1ccc(F)cc1. The Morgan fingerprint density at radius 3 is 2.32 bits per heavy atom. The van der Waals surface area contributed by atoms with Crippen LogP contribution in [0, 0.1) is 11.7 Å². The molecule has 0 aliphatic carbocycles. The molecular formula is C26H17ClFN3O3. The predicted molar refractivity (Wildman–Crippen MR) is 126 cm³/mol. The van der Waals surface area contributed by atoms with Gasteiger partial charge in [0.1, 0.15) is 16.9 Å². The lowest BCUT2D eigenvalue weighted by Gasteiger charge is -2.29. The number of hydroxylamine groups is 1. The number of aromatic nitrogens is 1. The molecule has 4 aromatic rings. The van der Waals surface area contributed by atoms with Crippen LogP contribution in [0.3, 0.4) is 0 Å². The van der Waals surface area contributed by atoms with Crippen molar-refractivity contribution < 1.29 is 18.8 Å². The number of halogens is 2. The lowest BCUT2D eigenvalue weighted by atomic mass is 9.90. The monoisotopic (exact) mass is 473 g/mol. The Kier molecular flexibility index (Phi) is 4.83. The average Bonchev–Trinajstić information content (AvgIpc) is 3.36. The van der Waals surface area contributed by atoms with E-state index < -0.39 is 35.7 Å². The smallest absolute Gasteiger partial charge is 0.266 e. The van der Waals surface area contributed by atoms with E-state index in [2.05, 4.69) is 4.98 Å². The summed E-state index contributed by atoms with van der Waals surface area (Å²) in [5.74, 6) is -2.26. The molecule has 2 fully saturated rings. The zero-order valence-electron chi connectivity index (χ0n) is 17.6. The van der Waals surface area contributed by atoms with Gasteiger partial charge in [0, 0.05) is 10.9 Å². The normalized spacial score (nSPS) is 22.0. The van der Waals surface area contributed by atoms with Crippen molar-refractivity contribution in [3.63, 3.8) is 0 Å². The van der Waals surface area contributed by atoms with Crippen LogP contribution >= 0.6 is 11.6 Å². The van der Waals surface area contributed by atoms with Gasteiger partial charge in [-0.1, -0.05) is 48.0 Å². The van der Waals surface area contributed by atoms with Crippen molar-refractivity contribution in [3.05, 3.63) is 101 Å². The summed E-state index contributed by atoms with van der Waals surface area (Å²) in [7, 11) is 0. The van der Waals surface area contributed by atoms with Gasteiger partial charge in [0.15, 0.2) is 6.10 Å². The van der Waals surface area contributed by atoms with Crippen molar-refractivity contribution >= 4 is 45.7 Å². The fourth-order valence-corrected chi connectivity index (χ4v) is 4.95. The van der Waals surface area contributed by atoms with Gasteiger partial charge in [0.05, 0.1) is 22.9 Å². The Hall–Kier alpha value is -3.81. The number of carbonyl (C=O) groups is 2. The number of fused-ring (bicyclic) bond motifs is 2. The number of pyridine rings is 1. The van der Waals surface area contributed by atoms with Crippen LogP contribution in [0.1, 0.15) is 11.6 Å². The van der Waals surface area contributed by atoms with Gasteiger partial charge in [0.25, 0.3) is 5.91 Å². The molecule has 0 bridgehead atoms. The number of anilines is 2. The number of rotatable bonds is 3. The molecule has 6 rings (SSSR count). The summed E-state index contributed by atoms with van der Waals surface area (Å²) in [6.45, 7) is 0. The summed E-state index contributed by atoms with van der Waals surface area (Å²) < 4.78 is 13.5. The molecule has 2 aliphatic heterocycles. The topological polar surface area (TPSA) is 62.7 Å². The number of amides is 2. The van der Waals surface area contributed by atoms with Gasteiger partial charge >= 0.3 is 0 Å². The highest BCUT2D eigenvalue weighted by molar-refractivity contribution is 6.31. The van der Waals surface area contributed by atoms with Crippen molar-refractivity contribution in [2.24, 2.45) is 5.92 Å². The van der Waals surface area contributed by atoms with Crippen molar-refractivity contribution in [1.29, 1.82) is 0 Å². The van der Waals surface area contributed by atoms with Crippen molar-refractivity contribution in [3.8, 4) is 0 Å². The zero-order chi connectivity index (χ0) is 23.4. The minimum Gasteiger partial charge on any atom is -0.273 e. The minimum atomic E-state index is -1.05. The lowest BCUT2D eigenvalue weighted by molar-refractivity contribution is -0.126. The fourth-order valence-electron chi connectivity index (χ4n) is 4.69. The van der Waals surface area contributed by atoms with Crippen LogP contribution in [0.2, 0.25) is 5.15 Å². The van der Waals surface area contributed by atoms with Crippen molar-refractivity contribution in [1.82, 2.24) is 4.98 Å². The molecule has 3 aromatic carbocycles. The molecule has 1 aromatic heterocycles. The second kappa shape index (κ2) is 7.90. The Labute approximate surface area is 199 Å². The van der Waals surface area contributed by atoms with Crippen LogP contribution < -0.4 is 9.96 Å². The predicted octanol–water partition coefficient (Wildman–Crippen LogP) is 5.08. The molecule has 0 spiro atoms. The number of hydrogen-bond acceptors (Lipinski definition) is 5. The summed E-state index contributed by atoms with van der Waals surface area (Å²) >= 11 is 6.64. The van der Waals surface area contributed by atoms with Crippen LogP contribution in [0.4, 0.5) is 15.8 Å². The first kappa shape index (κ1) is 20.8. The molecule has 0 N–H and O–H groups in total. The standard InChI is InChI=1S/C26H17ClFN3O3/c27-24-19(14-15-6-4-5-9-20(15)29-24)22-21-23(34-31(22)18-7-2-1-3-8-18)26(33)30(25(21)32)17-12-10-16(28)11-13-17/h1-14,21-23H/t21-,22-,23-/m1/s1. The molecule has 6 nitrogen and oxygen atoms in total. The lowest BCUT2D eigenvalue weighted by Crippen LogP contribution is -2.37. The van der Waals surface area contributed by atoms with E-state index in [-0.39, 0.29) is 5.15 Å². The van der Waals surface area contributed by atoms with Crippen LogP contribution in [-0.2, 0) is 14.4 Å². The Morgan fingerprint density at radius 1 is 0.853 bits per heavy atom. The largest absolute Gasteiger partial charge is 0.273 e. The summed E-state index contributed by atoms with van der Waals surface area (Å²) in [6, 6.07) is 23.2. The highest BCUT2D eigenvalue weighted by Crippen LogP contribution is 2.49. The highest BCUT2D eigenvalue weighted by atomic mass is 35.5. The Balaban J connectivity index is 1.49. The van der Waals surface area contributed by atoms with Gasteiger partial charge in [-0.2, -0.15) is 0 Å². The first-order valence-corrected chi connectivity index (χ1v) is 11.1. The van der Waals surface area contributed by atoms with Gasteiger partial charge in [-0.3, -0.25) is 14.4 Å². The summed E-state index contributed by atoms with van der Waals surface area (Å²) in [5, 5.41) is 2.66. The van der Waals surface area contributed by atoms with Gasteiger partial charge in [-0.25, -0.2) is 19.3 Å². The van der Waals surface area contributed by atoms with E-state index in [1.807, 2.05) is 60.7 Å². The van der Waals surface area contributed by atoms with Crippen LogP contribution in [-0.4, -0.2) is 22.9 Å². The number of benzene rings is 3. The third-order valence-electron chi connectivity index (χ3n) is 6.23. The quantitative estimate of drug-likeness (QED) is 0.307. The highest BCUT2D eigenvalue weighted by Gasteiger charge is 2.60. The molecule has 3 atom stereocenters.